The van der Waals surface area contributed by atoms with Gasteiger partial charge in [0.1, 0.15) is 0 Å². The molecule has 0 heterocycles. The lowest BCUT2D eigenvalue weighted by Crippen LogP contribution is -2.28. The van der Waals surface area contributed by atoms with Crippen LogP contribution in [0.4, 0.5) is 0 Å². The van der Waals surface area contributed by atoms with Gasteiger partial charge in [-0.05, 0) is 66.3 Å². The molecular weight excluding hydrogens is 254 g/mol. The van der Waals surface area contributed by atoms with Crippen molar-refractivity contribution >= 4 is 0 Å². The molecule has 1 N–H and O–H groups in total. The van der Waals surface area contributed by atoms with Crippen molar-refractivity contribution in [3.8, 4) is 0 Å². The number of benzene rings is 2. The highest BCUT2D eigenvalue weighted by Gasteiger charge is 2.23. The molecule has 108 valence electrons. The highest BCUT2D eigenvalue weighted by molar-refractivity contribution is 5.43. The first kappa shape index (κ1) is 13.1. The number of rotatable bonds is 3. The van der Waals surface area contributed by atoms with Gasteiger partial charge in [0, 0.05) is 12.6 Å². The van der Waals surface area contributed by atoms with Gasteiger partial charge in [0.2, 0.25) is 0 Å². The highest BCUT2D eigenvalue weighted by atomic mass is 14.9. The fourth-order valence-corrected chi connectivity index (χ4v) is 3.87. The third-order valence-corrected chi connectivity index (χ3v) is 5.03. The van der Waals surface area contributed by atoms with E-state index in [1.165, 1.54) is 44.1 Å². The molecule has 2 aliphatic carbocycles. The molecule has 4 rings (SSSR count). The Labute approximate surface area is 127 Å². The molecule has 0 fully saturated rings. The van der Waals surface area contributed by atoms with Gasteiger partial charge in [0.05, 0.1) is 0 Å². The maximum atomic E-state index is 3.74. The number of nitrogens with one attached hydrogen (secondary N) is 1. The van der Waals surface area contributed by atoms with E-state index in [2.05, 4.69) is 47.8 Å². The van der Waals surface area contributed by atoms with E-state index in [1.54, 1.807) is 22.3 Å². The molecular formula is C20H23N. The van der Waals surface area contributed by atoms with Crippen LogP contribution in [-0.4, -0.2) is 6.04 Å². The summed E-state index contributed by atoms with van der Waals surface area (Å²) in [6.45, 7) is 0.985. The van der Waals surface area contributed by atoms with E-state index in [-0.39, 0.29) is 0 Å². The smallest absolute Gasteiger partial charge is 0.0208 e. The van der Waals surface area contributed by atoms with Crippen LogP contribution in [0.15, 0.2) is 42.5 Å². The Balaban J connectivity index is 1.44. The predicted molar refractivity (Wildman–Crippen MR) is 87.6 cm³/mol. The molecule has 0 saturated heterocycles. The van der Waals surface area contributed by atoms with Gasteiger partial charge in [-0.15, -0.1) is 0 Å². The van der Waals surface area contributed by atoms with Crippen molar-refractivity contribution in [2.24, 2.45) is 0 Å². The van der Waals surface area contributed by atoms with E-state index >= 15 is 0 Å². The lowest BCUT2D eigenvalue weighted by atomic mass is 9.89. The lowest BCUT2D eigenvalue weighted by molar-refractivity contribution is 0.533. The minimum Gasteiger partial charge on any atom is -0.309 e. The number of hydrogen-bond donors (Lipinski definition) is 1. The Kier molecular flexibility index (Phi) is 3.52. The summed E-state index contributed by atoms with van der Waals surface area (Å²) in [4.78, 5) is 0. The van der Waals surface area contributed by atoms with E-state index in [9.17, 15) is 0 Å². The topological polar surface area (TPSA) is 12.0 Å². The Morgan fingerprint density at radius 2 is 1.43 bits per heavy atom. The summed E-state index contributed by atoms with van der Waals surface area (Å²) >= 11 is 0. The zero-order valence-corrected chi connectivity index (χ0v) is 12.6. The average Bonchev–Trinajstić information content (AvgIpc) is 2.93. The normalized spacial score (nSPS) is 17.5. The van der Waals surface area contributed by atoms with Crippen LogP contribution in [0.25, 0.3) is 0 Å². The fraction of sp³-hybridized carbons (Fsp3) is 0.400. The third-order valence-electron chi connectivity index (χ3n) is 5.03. The molecule has 0 bridgehead atoms. The van der Waals surface area contributed by atoms with E-state index in [0.717, 1.165) is 6.54 Å². The standard InChI is InChI=1S/C20H23N/c1-2-6-15(7-3-1)14-21-20-12-18-10-16-8-4-5-9-17(16)11-19(18)13-20/h1-3,6-7,10-11,20-21H,4-5,8-9,12-14H2. The lowest BCUT2D eigenvalue weighted by Gasteiger charge is -2.17. The zero-order valence-electron chi connectivity index (χ0n) is 12.6. The molecule has 21 heavy (non-hydrogen) atoms. The van der Waals surface area contributed by atoms with Gasteiger partial charge in [-0.3, -0.25) is 0 Å². The molecule has 0 aromatic heterocycles. The maximum absolute atomic E-state index is 3.74. The largest absolute Gasteiger partial charge is 0.309 e. The summed E-state index contributed by atoms with van der Waals surface area (Å²) < 4.78 is 0. The number of hydrogen-bond acceptors (Lipinski definition) is 1. The van der Waals surface area contributed by atoms with Crippen LogP contribution in [0.2, 0.25) is 0 Å². The molecule has 0 saturated carbocycles. The minimum atomic E-state index is 0.615. The van der Waals surface area contributed by atoms with Crippen LogP contribution in [0.3, 0.4) is 0 Å². The summed E-state index contributed by atoms with van der Waals surface area (Å²) in [7, 11) is 0. The van der Waals surface area contributed by atoms with Crippen LogP contribution in [-0.2, 0) is 32.2 Å². The van der Waals surface area contributed by atoms with E-state index in [0.29, 0.717) is 6.04 Å². The van der Waals surface area contributed by atoms with Crippen molar-refractivity contribution in [3.05, 3.63) is 70.3 Å². The van der Waals surface area contributed by atoms with Crippen molar-refractivity contribution in [1.82, 2.24) is 5.32 Å². The Hall–Kier alpha value is -1.60. The molecule has 1 heteroatoms. The summed E-state index contributed by atoms with van der Waals surface area (Å²) in [5.41, 5.74) is 7.84. The van der Waals surface area contributed by atoms with Crippen LogP contribution < -0.4 is 5.32 Å². The van der Waals surface area contributed by atoms with Gasteiger partial charge in [0.25, 0.3) is 0 Å². The van der Waals surface area contributed by atoms with E-state index < -0.39 is 0 Å². The molecule has 0 amide bonds. The van der Waals surface area contributed by atoms with Gasteiger partial charge in [-0.25, -0.2) is 0 Å². The van der Waals surface area contributed by atoms with E-state index in [1.807, 2.05) is 0 Å². The molecule has 0 radical (unpaired) electrons. The van der Waals surface area contributed by atoms with Crippen LogP contribution in [0, 0.1) is 0 Å². The predicted octanol–water partition coefficient (Wildman–Crippen LogP) is 3.82. The minimum absolute atomic E-state index is 0.615. The monoisotopic (exact) mass is 277 g/mol. The van der Waals surface area contributed by atoms with Gasteiger partial charge < -0.3 is 5.32 Å². The van der Waals surface area contributed by atoms with Crippen molar-refractivity contribution in [2.45, 2.75) is 51.1 Å². The Bertz CT molecular complexity index is 595. The van der Waals surface area contributed by atoms with Crippen molar-refractivity contribution in [1.29, 1.82) is 0 Å². The van der Waals surface area contributed by atoms with Crippen LogP contribution in [0.5, 0.6) is 0 Å². The second-order valence-corrected chi connectivity index (χ2v) is 6.57. The number of aryl methyl sites for hydroxylation is 2. The molecule has 2 aromatic carbocycles. The van der Waals surface area contributed by atoms with Crippen molar-refractivity contribution in [3.63, 3.8) is 0 Å². The van der Waals surface area contributed by atoms with Gasteiger partial charge in [-0.1, -0.05) is 42.5 Å². The maximum Gasteiger partial charge on any atom is 0.0208 e. The average molecular weight is 277 g/mol. The van der Waals surface area contributed by atoms with Crippen LogP contribution >= 0.6 is 0 Å². The molecule has 2 aliphatic rings. The SMILES string of the molecule is c1ccc(CNC2Cc3cc4c(cc3C2)CCCC4)cc1. The molecule has 1 nitrogen and oxygen atoms in total. The molecule has 0 unspecified atom stereocenters. The second-order valence-electron chi connectivity index (χ2n) is 6.57. The summed E-state index contributed by atoms with van der Waals surface area (Å²) in [6.07, 6.45) is 7.75. The van der Waals surface area contributed by atoms with Gasteiger partial charge in [-0.2, -0.15) is 0 Å². The fourth-order valence-electron chi connectivity index (χ4n) is 3.87. The quantitative estimate of drug-likeness (QED) is 0.899. The summed E-state index contributed by atoms with van der Waals surface area (Å²) in [5, 5.41) is 3.74. The third kappa shape index (κ3) is 2.75. The number of fused-ring (bicyclic) bond motifs is 2. The summed E-state index contributed by atoms with van der Waals surface area (Å²) in [5.74, 6) is 0. The molecule has 0 spiro atoms. The molecule has 2 aromatic rings. The first-order chi connectivity index (χ1) is 10.4. The first-order valence-corrected chi connectivity index (χ1v) is 8.29. The Morgan fingerprint density at radius 3 is 2.05 bits per heavy atom. The zero-order chi connectivity index (χ0) is 14.1. The highest BCUT2D eigenvalue weighted by Crippen LogP contribution is 2.30. The second kappa shape index (κ2) is 5.65. The van der Waals surface area contributed by atoms with Crippen LogP contribution in [0.1, 0.15) is 40.7 Å². The first-order valence-electron chi connectivity index (χ1n) is 8.29. The Morgan fingerprint density at radius 1 is 0.810 bits per heavy atom. The summed E-state index contributed by atoms with van der Waals surface area (Å²) in [6, 6.07) is 16.4. The van der Waals surface area contributed by atoms with E-state index in [4.69, 9.17) is 0 Å². The molecule has 0 aliphatic heterocycles. The van der Waals surface area contributed by atoms with Crippen molar-refractivity contribution < 1.29 is 0 Å². The van der Waals surface area contributed by atoms with Gasteiger partial charge in [0.15, 0.2) is 0 Å². The van der Waals surface area contributed by atoms with Crippen molar-refractivity contribution in [2.75, 3.05) is 0 Å². The van der Waals surface area contributed by atoms with Gasteiger partial charge >= 0.3 is 0 Å². The molecule has 0 atom stereocenters.